The Morgan fingerprint density at radius 3 is 2.08 bits per heavy atom. The fourth-order valence-electron chi connectivity index (χ4n) is 6.15. The summed E-state index contributed by atoms with van der Waals surface area (Å²) < 4.78 is 5.84. The van der Waals surface area contributed by atoms with Crippen molar-refractivity contribution in [2.45, 2.75) is 50.4 Å². The van der Waals surface area contributed by atoms with Crippen LogP contribution in [0.15, 0.2) is 133 Å². The van der Waals surface area contributed by atoms with Crippen molar-refractivity contribution in [1.29, 1.82) is 0 Å². The fraction of sp³-hybridized carbons (Fsp3) is 0.238. The molecule has 51 heavy (non-hydrogen) atoms. The first-order valence-electron chi connectivity index (χ1n) is 17.2. The zero-order chi connectivity index (χ0) is 36.0. The molecule has 0 saturated carbocycles. The standard InChI is InChI=1S/C42H45ClN4O4/c1-51-39-18-9-8-16-36(39)40(32-12-4-2-5-13-32)47(35-14-6-3-7-15-35)27-11-10-17-38(42(50)45-34-25-21-31(29-48)22-26-34)46-41(49)37(44)28-30-19-23-33(43)24-20-30/h2-9,12-16,18-26,37-38,40,48H,10-11,17,27-29,44H2,1H3,(H,45,50)(H,46,49)/t37-,38-,40?/m0/s1. The molecule has 0 saturated heterocycles. The normalized spacial score (nSPS) is 12.7. The predicted octanol–water partition coefficient (Wildman–Crippen LogP) is 7.30. The number of ether oxygens (including phenoxy) is 1. The van der Waals surface area contributed by atoms with Gasteiger partial charge in [-0.25, -0.2) is 0 Å². The van der Waals surface area contributed by atoms with E-state index in [2.05, 4.69) is 45.9 Å². The molecular weight excluding hydrogens is 660 g/mol. The second-order valence-corrected chi connectivity index (χ2v) is 12.9. The lowest BCUT2D eigenvalue weighted by molar-refractivity contribution is -0.127. The number of para-hydroxylation sites is 2. The number of amides is 2. The minimum Gasteiger partial charge on any atom is -0.496 e. The number of methoxy groups -OCH3 is 1. The van der Waals surface area contributed by atoms with E-state index in [1.807, 2.05) is 66.7 Å². The number of hydrogen-bond donors (Lipinski definition) is 4. The van der Waals surface area contributed by atoms with Crippen LogP contribution in [-0.2, 0) is 22.6 Å². The number of carbonyl (C=O) groups excluding carboxylic acids is 2. The van der Waals surface area contributed by atoms with E-state index in [9.17, 15) is 14.7 Å². The number of rotatable bonds is 17. The maximum atomic E-state index is 13.7. The zero-order valence-corrected chi connectivity index (χ0v) is 29.5. The highest BCUT2D eigenvalue weighted by atomic mass is 35.5. The van der Waals surface area contributed by atoms with Gasteiger partial charge in [0.05, 0.1) is 25.8 Å². The van der Waals surface area contributed by atoms with Crippen molar-refractivity contribution in [2.24, 2.45) is 5.73 Å². The number of aliphatic hydroxyl groups is 1. The number of anilines is 2. The Bertz CT molecular complexity index is 1820. The monoisotopic (exact) mass is 704 g/mol. The van der Waals surface area contributed by atoms with E-state index in [1.54, 1.807) is 43.5 Å². The topological polar surface area (TPSA) is 117 Å². The Hall–Kier alpha value is -5.15. The van der Waals surface area contributed by atoms with Gasteiger partial charge < -0.3 is 31.1 Å². The number of nitrogens with zero attached hydrogens (tertiary/aromatic N) is 1. The Morgan fingerprint density at radius 2 is 1.41 bits per heavy atom. The molecule has 3 atom stereocenters. The van der Waals surface area contributed by atoms with Crippen molar-refractivity contribution < 1.29 is 19.4 Å². The van der Waals surface area contributed by atoms with Gasteiger partial charge in [-0.05, 0) is 84.8 Å². The molecule has 5 aromatic carbocycles. The number of carbonyl (C=O) groups is 2. The maximum absolute atomic E-state index is 13.7. The van der Waals surface area contributed by atoms with Gasteiger partial charge in [-0.2, -0.15) is 0 Å². The second kappa shape index (κ2) is 18.7. The molecule has 0 aliphatic rings. The second-order valence-electron chi connectivity index (χ2n) is 12.4. The van der Waals surface area contributed by atoms with Crippen LogP contribution in [0.25, 0.3) is 0 Å². The van der Waals surface area contributed by atoms with Gasteiger partial charge in [-0.3, -0.25) is 9.59 Å². The van der Waals surface area contributed by atoms with Gasteiger partial charge in [0.1, 0.15) is 11.8 Å². The number of halogens is 1. The molecule has 5 rings (SSSR count). The van der Waals surface area contributed by atoms with Crippen LogP contribution in [0.4, 0.5) is 11.4 Å². The minimum atomic E-state index is -0.855. The summed E-state index contributed by atoms with van der Waals surface area (Å²) in [7, 11) is 1.69. The summed E-state index contributed by atoms with van der Waals surface area (Å²) in [6.07, 6.45) is 2.07. The molecule has 2 amide bonds. The van der Waals surface area contributed by atoms with E-state index in [4.69, 9.17) is 22.1 Å². The van der Waals surface area contributed by atoms with Crippen molar-refractivity contribution in [2.75, 3.05) is 23.9 Å². The maximum Gasteiger partial charge on any atom is 0.246 e. The van der Waals surface area contributed by atoms with Crippen LogP contribution < -0.4 is 26.0 Å². The first-order chi connectivity index (χ1) is 24.9. The minimum absolute atomic E-state index is 0.0966. The van der Waals surface area contributed by atoms with Crippen molar-refractivity contribution in [3.05, 3.63) is 161 Å². The molecule has 0 aromatic heterocycles. The quantitative estimate of drug-likeness (QED) is 0.0755. The lowest BCUT2D eigenvalue weighted by atomic mass is 9.95. The highest BCUT2D eigenvalue weighted by Crippen LogP contribution is 2.37. The van der Waals surface area contributed by atoms with Gasteiger partial charge in [0.25, 0.3) is 0 Å². The smallest absolute Gasteiger partial charge is 0.246 e. The lowest BCUT2D eigenvalue weighted by Crippen LogP contribution is -2.50. The summed E-state index contributed by atoms with van der Waals surface area (Å²) in [5.74, 6) is 0.0514. The highest BCUT2D eigenvalue weighted by Gasteiger charge is 2.27. The summed E-state index contributed by atoms with van der Waals surface area (Å²) in [4.78, 5) is 29.4. The molecule has 9 heteroatoms. The molecule has 0 aliphatic heterocycles. The largest absolute Gasteiger partial charge is 0.496 e. The van der Waals surface area contributed by atoms with Crippen LogP contribution in [0.2, 0.25) is 5.02 Å². The number of hydrogen-bond acceptors (Lipinski definition) is 6. The average molecular weight is 705 g/mol. The third kappa shape index (κ3) is 10.4. The van der Waals surface area contributed by atoms with E-state index in [1.165, 1.54) is 0 Å². The molecule has 5 N–H and O–H groups in total. The Morgan fingerprint density at radius 1 is 0.784 bits per heavy atom. The molecule has 5 aromatic rings. The lowest BCUT2D eigenvalue weighted by Gasteiger charge is -2.35. The van der Waals surface area contributed by atoms with Gasteiger partial charge in [0.2, 0.25) is 11.8 Å². The molecule has 0 radical (unpaired) electrons. The third-order valence-electron chi connectivity index (χ3n) is 8.83. The Labute approximate surface area is 305 Å². The van der Waals surface area contributed by atoms with Crippen LogP contribution in [0.1, 0.15) is 47.6 Å². The van der Waals surface area contributed by atoms with Crippen molar-refractivity contribution in [1.82, 2.24) is 5.32 Å². The molecule has 0 bridgehead atoms. The first-order valence-corrected chi connectivity index (χ1v) is 17.5. The van der Waals surface area contributed by atoms with E-state index in [0.717, 1.165) is 40.1 Å². The van der Waals surface area contributed by atoms with Crippen LogP contribution in [-0.4, -0.2) is 42.7 Å². The number of nitrogens with one attached hydrogen (secondary N) is 2. The number of unbranched alkanes of at least 4 members (excludes halogenated alkanes) is 1. The number of aliphatic hydroxyl groups excluding tert-OH is 1. The molecule has 8 nitrogen and oxygen atoms in total. The Balaban J connectivity index is 1.34. The van der Waals surface area contributed by atoms with Crippen LogP contribution in [0, 0.1) is 0 Å². The third-order valence-corrected chi connectivity index (χ3v) is 9.08. The van der Waals surface area contributed by atoms with Crippen molar-refractivity contribution in [3.63, 3.8) is 0 Å². The molecule has 1 unspecified atom stereocenters. The van der Waals surface area contributed by atoms with E-state index >= 15 is 0 Å². The number of nitrogens with two attached hydrogens (primary N) is 1. The van der Waals surface area contributed by atoms with E-state index in [0.29, 0.717) is 36.5 Å². The van der Waals surface area contributed by atoms with Gasteiger partial charge in [-0.1, -0.05) is 103 Å². The SMILES string of the molecule is COc1ccccc1C(c1ccccc1)N(CCCC[C@H](NC(=O)[C@@H](N)Cc1ccc(Cl)cc1)C(=O)Nc1ccc(CO)cc1)c1ccccc1. The zero-order valence-electron chi connectivity index (χ0n) is 28.8. The summed E-state index contributed by atoms with van der Waals surface area (Å²) in [6.45, 7) is 0.573. The molecule has 0 fully saturated rings. The van der Waals surface area contributed by atoms with Crippen LogP contribution >= 0.6 is 11.6 Å². The van der Waals surface area contributed by atoms with Crippen molar-refractivity contribution >= 4 is 34.8 Å². The summed E-state index contributed by atoms with van der Waals surface area (Å²) in [5.41, 5.74) is 11.7. The van der Waals surface area contributed by atoms with Crippen LogP contribution in [0.3, 0.4) is 0 Å². The Kier molecular flexibility index (Phi) is 13.6. The van der Waals surface area contributed by atoms with Gasteiger partial charge in [0, 0.05) is 28.5 Å². The average Bonchev–Trinajstić information content (AvgIpc) is 3.17. The first kappa shape index (κ1) is 37.1. The molecular formula is C42H45ClN4O4. The summed E-state index contributed by atoms with van der Waals surface area (Å²) >= 11 is 6.03. The summed E-state index contributed by atoms with van der Waals surface area (Å²) in [5, 5.41) is 15.9. The van der Waals surface area contributed by atoms with Crippen molar-refractivity contribution in [3.8, 4) is 5.75 Å². The van der Waals surface area contributed by atoms with Crippen LogP contribution in [0.5, 0.6) is 5.75 Å². The fourth-order valence-corrected chi connectivity index (χ4v) is 6.28. The highest BCUT2D eigenvalue weighted by molar-refractivity contribution is 6.30. The number of benzene rings is 5. The molecule has 0 heterocycles. The molecule has 0 aliphatic carbocycles. The van der Waals surface area contributed by atoms with Gasteiger partial charge in [0.15, 0.2) is 0 Å². The predicted molar refractivity (Wildman–Crippen MR) is 205 cm³/mol. The summed E-state index contributed by atoms with van der Waals surface area (Å²) in [6, 6.07) is 41.0. The molecule has 0 spiro atoms. The molecule has 264 valence electrons. The van der Waals surface area contributed by atoms with Gasteiger partial charge in [-0.15, -0.1) is 0 Å². The van der Waals surface area contributed by atoms with E-state index < -0.39 is 18.0 Å². The van der Waals surface area contributed by atoms with E-state index in [-0.39, 0.29) is 18.6 Å². The van der Waals surface area contributed by atoms with Gasteiger partial charge >= 0.3 is 0 Å².